The third-order valence-corrected chi connectivity index (χ3v) is 4.94. The molecular weight excluding hydrogens is 380 g/mol. The number of methoxy groups -OCH3 is 1. The van der Waals surface area contributed by atoms with E-state index in [9.17, 15) is 0 Å². The number of rotatable bonds is 2. The van der Waals surface area contributed by atoms with Crippen LogP contribution in [-0.2, 0) is 0 Å². The Hall–Kier alpha value is -0.850. The summed E-state index contributed by atoms with van der Waals surface area (Å²) >= 11 is 8.65. The van der Waals surface area contributed by atoms with E-state index < -0.39 is 0 Å². The summed E-state index contributed by atoms with van der Waals surface area (Å²) in [4.78, 5) is 7.88. The highest BCUT2D eigenvalue weighted by Crippen LogP contribution is 2.38. The number of fused-ring (bicyclic) bond motifs is 1. The zero-order valence-corrected chi connectivity index (χ0v) is 13.3. The Kier molecular flexibility index (Phi) is 3.17. The van der Waals surface area contributed by atoms with Crippen molar-refractivity contribution in [2.45, 2.75) is 0 Å². The highest BCUT2D eigenvalue weighted by Gasteiger charge is 2.12. The number of nitrogens with zero attached hydrogens (tertiary/aromatic N) is 1. The number of thiophene rings is 1. The van der Waals surface area contributed by atoms with Crippen molar-refractivity contribution in [2.75, 3.05) is 7.11 Å². The fraction of sp³-hybridized carbons (Fsp3) is 0.0833. The molecule has 18 heavy (non-hydrogen) atoms. The Morgan fingerprint density at radius 2 is 2.11 bits per heavy atom. The molecule has 3 nitrogen and oxygen atoms in total. The molecule has 0 amide bonds. The number of ether oxygens (including phenoxy) is 1. The van der Waals surface area contributed by atoms with Gasteiger partial charge in [-0.05, 0) is 50.1 Å². The molecule has 92 valence electrons. The molecular formula is C12H8Br2N2OS. The SMILES string of the molecule is COc1ccc2nc(-c3cc(Br)sc3Br)[nH]c2c1. The Balaban J connectivity index is 2.16. The van der Waals surface area contributed by atoms with Gasteiger partial charge in [0.2, 0.25) is 0 Å². The lowest BCUT2D eigenvalue weighted by Gasteiger charge is -1.96. The molecule has 2 aromatic heterocycles. The van der Waals surface area contributed by atoms with E-state index in [0.717, 1.165) is 35.7 Å². The molecule has 0 unspecified atom stereocenters. The van der Waals surface area contributed by atoms with Crippen molar-refractivity contribution in [3.63, 3.8) is 0 Å². The predicted molar refractivity (Wildman–Crippen MR) is 81.4 cm³/mol. The summed E-state index contributed by atoms with van der Waals surface area (Å²) < 4.78 is 7.33. The van der Waals surface area contributed by atoms with Crippen LogP contribution in [0.4, 0.5) is 0 Å². The number of imidazole rings is 1. The number of halogens is 2. The summed E-state index contributed by atoms with van der Waals surface area (Å²) in [6.45, 7) is 0. The molecule has 0 aliphatic heterocycles. The van der Waals surface area contributed by atoms with Crippen LogP contribution in [0.2, 0.25) is 0 Å². The number of hydrogen-bond acceptors (Lipinski definition) is 3. The van der Waals surface area contributed by atoms with E-state index in [1.54, 1.807) is 18.4 Å². The summed E-state index contributed by atoms with van der Waals surface area (Å²) in [5.74, 6) is 1.68. The van der Waals surface area contributed by atoms with Crippen LogP contribution in [0, 0.1) is 0 Å². The maximum Gasteiger partial charge on any atom is 0.140 e. The first kappa shape index (κ1) is 12.2. The standard InChI is InChI=1S/C12H8Br2N2OS/c1-17-6-2-3-8-9(4-6)16-12(15-8)7-5-10(13)18-11(7)14/h2-5H,1H3,(H,15,16). The van der Waals surface area contributed by atoms with Crippen molar-refractivity contribution in [1.29, 1.82) is 0 Å². The highest BCUT2D eigenvalue weighted by molar-refractivity contribution is 9.12. The molecule has 3 rings (SSSR count). The third-order valence-electron chi connectivity index (χ3n) is 2.60. The van der Waals surface area contributed by atoms with Gasteiger partial charge in [-0.3, -0.25) is 0 Å². The van der Waals surface area contributed by atoms with E-state index >= 15 is 0 Å². The van der Waals surface area contributed by atoms with Crippen LogP contribution in [0.15, 0.2) is 31.8 Å². The van der Waals surface area contributed by atoms with Crippen molar-refractivity contribution in [1.82, 2.24) is 9.97 Å². The van der Waals surface area contributed by atoms with E-state index in [4.69, 9.17) is 4.74 Å². The van der Waals surface area contributed by atoms with Crippen LogP contribution in [0.1, 0.15) is 0 Å². The summed E-state index contributed by atoms with van der Waals surface area (Å²) in [6, 6.07) is 7.85. The normalized spacial score (nSPS) is 11.1. The van der Waals surface area contributed by atoms with Gasteiger partial charge in [0, 0.05) is 11.6 Å². The number of aromatic amines is 1. The van der Waals surface area contributed by atoms with Gasteiger partial charge >= 0.3 is 0 Å². The monoisotopic (exact) mass is 386 g/mol. The van der Waals surface area contributed by atoms with Crippen molar-refractivity contribution in [2.24, 2.45) is 0 Å². The Bertz CT molecular complexity index is 720. The van der Waals surface area contributed by atoms with Crippen LogP contribution in [-0.4, -0.2) is 17.1 Å². The zero-order chi connectivity index (χ0) is 12.7. The second-order valence-electron chi connectivity index (χ2n) is 3.71. The van der Waals surface area contributed by atoms with Crippen LogP contribution in [0.25, 0.3) is 22.4 Å². The van der Waals surface area contributed by atoms with Crippen molar-refractivity contribution >= 4 is 54.2 Å². The van der Waals surface area contributed by atoms with Crippen LogP contribution in [0.3, 0.4) is 0 Å². The molecule has 2 heterocycles. The van der Waals surface area contributed by atoms with Crippen LogP contribution < -0.4 is 4.74 Å². The third kappa shape index (κ3) is 2.08. The topological polar surface area (TPSA) is 37.9 Å². The molecule has 1 aromatic carbocycles. The minimum atomic E-state index is 0.822. The summed E-state index contributed by atoms with van der Waals surface area (Å²) in [5.41, 5.74) is 2.96. The average Bonchev–Trinajstić information content (AvgIpc) is 2.90. The quantitative estimate of drug-likeness (QED) is 0.684. The van der Waals surface area contributed by atoms with Crippen molar-refractivity contribution < 1.29 is 4.74 Å². The molecule has 0 bridgehead atoms. The van der Waals surface area contributed by atoms with Crippen molar-refractivity contribution in [3.05, 3.63) is 31.8 Å². The molecule has 0 atom stereocenters. The van der Waals surface area contributed by atoms with Gasteiger partial charge < -0.3 is 9.72 Å². The Morgan fingerprint density at radius 1 is 1.28 bits per heavy atom. The smallest absolute Gasteiger partial charge is 0.140 e. The molecule has 0 saturated heterocycles. The molecule has 6 heteroatoms. The van der Waals surface area contributed by atoms with Gasteiger partial charge in [0.05, 0.1) is 25.7 Å². The van der Waals surface area contributed by atoms with Crippen molar-refractivity contribution in [3.8, 4) is 17.1 Å². The van der Waals surface area contributed by atoms with Gasteiger partial charge in [0.1, 0.15) is 11.6 Å². The van der Waals surface area contributed by atoms with E-state index in [1.165, 1.54) is 0 Å². The van der Waals surface area contributed by atoms with Gasteiger partial charge in [-0.1, -0.05) is 0 Å². The van der Waals surface area contributed by atoms with Gasteiger partial charge in [0.15, 0.2) is 0 Å². The first-order chi connectivity index (χ1) is 8.67. The molecule has 0 fully saturated rings. The first-order valence-corrected chi connectivity index (χ1v) is 7.56. The van der Waals surface area contributed by atoms with Crippen LogP contribution in [0.5, 0.6) is 5.75 Å². The summed E-state index contributed by atoms with van der Waals surface area (Å²) in [6.07, 6.45) is 0. The van der Waals surface area contributed by atoms with E-state index in [-0.39, 0.29) is 0 Å². The molecule has 0 aliphatic rings. The minimum Gasteiger partial charge on any atom is -0.497 e. The van der Waals surface area contributed by atoms with E-state index in [2.05, 4.69) is 41.8 Å². The molecule has 0 aliphatic carbocycles. The Morgan fingerprint density at radius 3 is 2.78 bits per heavy atom. The van der Waals surface area contributed by atoms with E-state index in [1.807, 2.05) is 24.3 Å². The highest BCUT2D eigenvalue weighted by atomic mass is 79.9. The van der Waals surface area contributed by atoms with Gasteiger partial charge in [-0.2, -0.15) is 0 Å². The maximum absolute atomic E-state index is 5.20. The summed E-state index contributed by atoms with van der Waals surface area (Å²) in [7, 11) is 1.66. The number of hydrogen-bond donors (Lipinski definition) is 1. The molecule has 0 spiro atoms. The average molecular weight is 388 g/mol. The van der Waals surface area contributed by atoms with Gasteiger partial charge in [-0.25, -0.2) is 4.98 Å². The summed E-state index contributed by atoms with van der Waals surface area (Å²) in [5, 5.41) is 0. The molecule has 0 radical (unpaired) electrons. The zero-order valence-electron chi connectivity index (χ0n) is 9.33. The lowest BCUT2D eigenvalue weighted by atomic mass is 10.3. The fourth-order valence-corrected chi connectivity index (χ4v) is 4.55. The van der Waals surface area contributed by atoms with Crippen LogP contribution >= 0.6 is 43.2 Å². The largest absolute Gasteiger partial charge is 0.497 e. The number of benzene rings is 1. The molecule has 0 saturated carbocycles. The number of H-pyrrole nitrogens is 1. The molecule has 1 N–H and O–H groups in total. The predicted octanol–water partition coefficient (Wildman–Crippen LogP) is 4.83. The van der Waals surface area contributed by atoms with Gasteiger partial charge in [0.25, 0.3) is 0 Å². The number of aromatic nitrogens is 2. The van der Waals surface area contributed by atoms with E-state index in [0.29, 0.717) is 0 Å². The lowest BCUT2D eigenvalue weighted by molar-refractivity contribution is 0.415. The minimum absolute atomic E-state index is 0.822. The fourth-order valence-electron chi connectivity index (χ4n) is 1.74. The second kappa shape index (κ2) is 4.68. The number of nitrogens with one attached hydrogen (secondary N) is 1. The molecule has 3 aromatic rings. The second-order valence-corrected chi connectivity index (χ2v) is 7.46. The van der Waals surface area contributed by atoms with Gasteiger partial charge in [-0.15, -0.1) is 11.3 Å². The maximum atomic E-state index is 5.20. The first-order valence-electron chi connectivity index (χ1n) is 5.16. The lowest BCUT2D eigenvalue weighted by Crippen LogP contribution is -1.81. The Labute approximate surface area is 124 Å².